The zero-order chi connectivity index (χ0) is 41.6. The Balaban J connectivity index is 0.00000213. The molecule has 0 aliphatic heterocycles. The van der Waals surface area contributed by atoms with Crippen LogP contribution in [0.25, 0.3) is 117 Å². The van der Waals surface area contributed by atoms with Crippen LogP contribution in [0, 0.1) is 0 Å². The molecular weight excluding hydrogens is 757 g/mol. The Kier molecular flexibility index (Phi) is 9.20. The fraction of sp³-hybridized carbons (Fsp3) is 0.0351. The number of para-hydroxylation sites is 2. The molecule has 0 unspecified atom stereocenters. The summed E-state index contributed by atoms with van der Waals surface area (Å²) in [7, 11) is 0. The lowest BCUT2D eigenvalue weighted by atomic mass is 9.98. The fourth-order valence-corrected chi connectivity index (χ4v) is 8.78. The molecule has 0 saturated carbocycles. The summed E-state index contributed by atoms with van der Waals surface area (Å²) in [5.41, 5.74) is 12.3. The topological polar surface area (TPSA) is 56.7 Å². The number of rotatable bonds is 6. The van der Waals surface area contributed by atoms with Crippen molar-refractivity contribution < 1.29 is 4.42 Å². The van der Waals surface area contributed by atoms with Crippen LogP contribution in [0.3, 0.4) is 0 Å². The van der Waals surface area contributed by atoms with E-state index in [4.69, 9.17) is 19.4 Å². The van der Waals surface area contributed by atoms with Gasteiger partial charge in [0.2, 0.25) is 5.95 Å². The summed E-state index contributed by atoms with van der Waals surface area (Å²) in [5.74, 6) is 1.75. The first-order valence-electron chi connectivity index (χ1n) is 21.2. The predicted octanol–water partition coefficient (Wildman–Crippen LogP) is 15.4. The second-order valence-corrected chi connectivity index (χ2v) is 15.2. The Bertz CT molecular complexity index is 3470. The molecular formula is C57H40N4O. The number of furan rings is 1. The lowest BCUT2D eigenvalue weighted by Crippen LogP contribution is -2.07. The van der Waals surface area contributed by atoms with E-state index in [1.807, 2.05) is 26.0 Å². The van der Waals surface area contributed by atoms with Crippen molar-refractivity contribution in [2.75, 3.05) is 0 Å². The Morgan fingerprint density at radius 2 is 0.887 bits per heavy atom. The van der Waals surface area contributed by atoms with Crippen LogP contribution in [0.1, 0.15) is 13.8 Å². The molecule has 0 bridgehead atoms. The summed E-state index contributed by atoms with van der Waals surface area (Å²) in [5, 5.41) is 6.82. The maximum absolute atomic E-state index is 6.42. The van der Waals surface area contributed by atoms with Crippen molar-refractivity contribution in [3.63, 3.8) is 0 Å². The van der Waals surface area contributed by atoms with E-state index < -0.39 is 0 Å². The number of hydrogen-bond acceptors (Lipinski definition) is 4. The highest BCUT2D eigenvalue weighted by molar-refractivity contribution is 6.20. The monoisotopic (exact) mass is 796 g/mol. The van der Waals surface area contributed by atoms with Gasteiger partial charge >= 0.3 is 0 Å². The molecule has 0 atom stereocenters. The molecule has 12 aromatic rings. The number of aromatic nitrogens is 4. The van der Waals surface area contributed by atoms with Crippen molar-refractivity contribution in [2.24, 2.45) is 0 Å². The van der Waals surface area contributed by atoms with Gasteiger partial charge < -0.3 is 4.42 Å². The van der Waals surface area contributed by atoms with Crippen LogP contribution < -0.4 is 0 Å². The first-order valence-corrected chi connectivity index (χ1v) is 21.2. The van der Waals surface area contributed by atoms with Gasteiger partial charge in [0.15, 0.2) is 11.6 Å². The predicted molar refractivity (Wildman–Crippen MR) is 257 cm³/mol. The minimum absolute atomic E-state index is 0.550. The van der Waals surface area contributed by atoms with Crippen LogP contribution in [-0.2, 0) is 0 Å². The average Bonchev–Trinajstić information content (AvgIpc) is 3.91. The summed E-state index contributed by atoms with van der Waals surface area (Å²) in [6.07, 6.45) is 0. The lowest BCUT2D eigenvalue weighted by molar-refractivity contribution is 0.669. The first-order chi connectivity index (χ1) is 30.7. The normalized spacial score (nSPS) is 11.4. The van der Waals surface area contributed by atoms with Gasteiger partial charge in [-0.2, -0.15) is 9.97 Å². The molecule has 0 spiro atoms. The number of fused-ring (bicyclic) bond motifs is 8. The van der Waals surface area contributed by atoms with Crippen molar-refractivity contribution in [2.45, 2.75) is 13.8 Å². The van der Waals surface area contributed by atoms with Crippen LogP contribution in [0.5, 0.6) is 0 Å². The molecule has 5 heteroatoms. The van der Waals surface area contributed by atoms with E-state index in [0.717, 1.165) is 88.3 Å². The molecule has 294 valence electrons. The van der Waals surface area contributed by atoms with Gasteiger partial charge in [-0.15, -0.1) is 0 Å². The van der Waals surface area contributed by atoms with E-state index in [9.17, 15) is 0 Å². The van der Waals surface area contributed by atoms with Gasteiger partial charge in [-0.3, -0.25) is 4.57 Å². The number of hydrogen-bond donors (Lipinski definition) is 0. The van der Waals surface area contributed by atoms with Crippen molar-refractivity contribution >= 4 is 54.5 Å². The van der Waals surface area contributed by atoms with Gasteiger partial charge in [0, 0.05) is 38.2 Å². The Morgan fingerprint density at radius 3 is 1.55 bits per heavy atom. The zero-order valence-electron chi connectivity index (χ0n) is 34.3. The molecule has 62 heavy (non-hydrogen) atoms. The lowest BCUT2D eigenvalue weighted by Gasteiger charge is -2.13. The van der Waals surface area contributed by atoms with Crippen molar-refractivity contribution in [1.82, 2.24) is 19.5 Å². The van der Waals surface area contributed by atoms with Gasteiger partial charge in [0.1, 0.15) is 11.2 Å². The quantitative estimate of drug-likeness (QED) is 0.168. The minimum atomic E-state index is 0.550. The van der Waals surface area contributed by atoms with Crippen LogP contribution in [0.2, 0.25) is 0 Å². The molecule has 0 fully saturated rings. The number of nitrogens with zero attached hydrogens (tertiary/aromatic N) is 4. The van der Waals surface area contributed by atoms with E-state index in [0.29, 0.717) is 17.6 Å². The smallest absolute Gasteiger partial charge is 0.238 e. The third-order valence-corrected chi connectivity index (χ3v) is 11.7. The van der Waals surface area contributed by atoms with Crippen molar-refractivity contribution in [3.05, 3.63) is 206 Å². The first kappa shape index (κ1) is 36.9. The van der Waals surface area contributed by atoms with Gasteiger partial charge in [-0.05, 0) is 62.9 Å². The Hall–Kier alpha value is -8.15. The van der Waals surface area contributed by atoms with Crippen LogP contribution in [0.4, 0.5) is 0 Å². The van der Waals surface area contributed by atoms with Crippen molar-refractivity contribution in [3.8, 4) is 62.1 Å². The minimum Gasteiger partial charge on any atom is -0.456 e. The van der Waals surface area contributed by atoms with E-state index in [-0.39, 0.29) is 0 Å². The molecule has 0 N–H and O–H groups in total. The second-order valence-electron chi connectivity index (χ2n) is 15.2. The Morgan fingerprint density at radius 1 is 0.371 bits per heavy atom. The second kappa shape index (κ2) is 15.5. The molecule has 3 aromatic heterocycles. The molecule has 9 aromatic carbocycles. The maximum Gasteiger partial charge on any atom is 0.238 e. The van der Waals surface area contributed by atoms with Gasteiger partial charge in [-0.25, -0.2) is 4.98 Å². The van der Waals surface area contributed by atoms with E-state index in [1.54, 1.807) is 0 Å². The van der Waals surface area contributed by atoms with Crippen molar-refractivity contribution in [1.29, 1.82) is 0 Å². The molecule has 0 radical (unpaired) electrons. The summed E-state index contributed by atoms with van der Waals surface area (Å²) < 4.78 is 8.64. The maximum atomic E-state index is 6.42. The third kappa shape index (κ3) is 6.30. The highest BCUT2D eigenvalue weighted by atomic mass is 16.3. The average molecular weight is 797 g/mol. The highest BCUT2D eigenvalue weighted by Gasteiger charge is 2.21. The van der Waals surface area contributed by atoms with Crippen LogP contribution in [-0.4, -0.2) is 19.5 Å². The molecule has 5 nitrogen and oxygen atoms in total. The molecule has 0 aliphatic rings. The standard InChI is InChI=1S/C55H34N4O.C2H6/c1-3-12-35(13-4-1)37-22-26-40(27-23-37)53-56-54(41-28-24-38(25-29-41)36-14-5-2-6-15-36)58-55(57-53)59-48-21-10-9-18-45(48)46-20-11-19-44(52(46)59)42-31-32-49-47(34-42)51-43-17-8-7-16-39(43)30-33-50(51)60-49;1-2/h1-34H;1-2H3. The fourth-order valence-electron chi connectivity index (χ4n) is 8.78. The molecule has 0 saturated heterocycles. The molecule has 12 rings (SSSR count). The summed E-state index contributed by atoms with van der Waals surface area (Å²) >= 11 is 0. The van der Waals surface area contributed by atoms with Gasteiger partial charge in [0.25, 0.3) is 0 Å². The molecule has 3 heterocycles. The highest BCUT2D eigenvalue weighted by Crippen LogP contribution is 2.41. The van der Waals surface area contributed by atoms with E-state index in [2.05, 4.69) is 199 Å². The molecule has 0 aliphatic carbocycles. The largest absolute Gasteiger partial charge is 0.456 e. The summed E-state index contributed by atoms with van der Waals surface area (Å²) in [4.78, 5) is 15.8. The van der Waals surface area contributed by atoms with Gasteiger partial charge in [0.05, 0.1) is 11.0 Å². The zero-order valence-corrected chi connectivity index (χ0v) is 34.3. The van der Waals surface area contributed by atoms with Crippen LogP contribution >= 0.6 is 0 Å². The third-order valence-electron chi connectivity index (χ3n) is 11.7. The van der Waals surface area contributed by atoms with E-state index in [1.165, 1.54) is 10.8 Å². The van der Waals surface area contributed by atoms with Gasteiger partial charge in [-0.1, -0.05) is 196 Å². The summed E-state index contributed by atoms with van der Waals surface area (Å²) in [6.45, 7) is 4.00. The SMILES string of the molecule is CC.c1ccc(-c2ccc(-c3nc(-c4ccc(-c5ccccc5)cc4)nc(-n4c5ccccc5c5cccc(-c6ccc7oc8ccc9ccccc9c8c7c6)c54)n3)cc2)cc1. The summed E-state index contributed by atoms with van der Waals surface area (Å²) in [6, 6.07) is 72.2. The number of benzene rings is 9. The van der Waals surface area contributed by atoms with Crippen LogP contribution in [0.15, 0.2) is 211 Å². The molecule has 0 amide bonds. The van der Waals surface area contributed by atoms with E-state index >= 15 is 0 Å². The Labute approximate surface area is 359 Å².